The molecule has 0 aromatic carbocycles. The van der Waals surface area contributed by atoms with Gasteiger partial charge in [-0.05, 0) is 20.0 Å². The molecule has 0 atom stereocenters. The zero-order valence-electron chi connectivity index (χ0n) is 5.86. The number of hydrogen-bond acceptors (Lipinski definition) is 3. The maximum absolute atomic E-state index is 7.20. The normalized spacial score (nSPS) is 11.6. The van der Waals surface area contributed by atoms with Crippen molar-refractivity contribution >= 4 is 5.71 Å². The van der Waals surface area contributed by atoms with E-state index < -0.39 is 0 Å². The first-order chi connectivity index (χ1) is 4.16. The van der Waals surface area contributed by atoms with Gasteiger partial charge in [0, 0.05) is 18.0 Å². The lowest BCUT2D eigenvalue weighted by Gasteiger charge is -1.95. The summed E-state index contributed by atoms with van der Waals surface area (Å²) in [6.45, 7) is 2.35. The quantitative estimate of drug-likeness (QED) is 0.470. The minimum Gasteiger partial charge on any atom is -0.402 e. The zero-order chi connectivity index (χ0) is 7.28. The van der Waals surface area contributed by atoms with Crippen LogP contribution in [0.4, 0.5) is 0 Å². The van der Waals surface area contributed by atoms with E-state index in [9.17, 15) is 0 Å². The van der Waals surface area contributed by atoms with Crippen molar-refractivity contribution in [2.24, 2.45) is 5.73 Å². The second-order valence-corrected chi connectivity index (χ2v) is 1.94. The molecule has 0 saturated heterocycles. The molecule has 0 aromatic heterocycles. The highest BCUT2D eigenvalue weighted by atomic mass is 14.8. The molecule has 0 unspecified atom stereocenters. The summed E-state index contributed by atoms with van der Waals surface area (Å²) in [6, 6.07) is 0. The largest absolute Gasteiger partial charge is 0.402 e. The van der Waals surface area contributed by atoms with Crippen molar-refractivity contribution in [3.05, 3.63) is 11.8 Å². The molecule has 0 amide bonds. The molecular formula is C6H13N3. The van der Waals surface area contributed by atoms with Crippen molar-refractivity contribution in [1.82, 2.24) is 5.32 Å². The van der Waals surface area contributed by atoms with Crippen LogP contribution < -0.4 is 11.1 Å². The molecule has 3 nitrogen and oxygen atoms in total. The van der Waals surface area contributed by atoms with Gasteiger partial charge >= 0.3 is 0 Å². The fourth-order valence-corrected chi connectivity index (χ4v) is 0.516. The molecule has 0 aliphatic rings. The van der Waals surface area contributed by atoms with Crippen LogP contribution >= 0.6 is 0 Å². The van der Waals surface area contributed by atoms with E-state index in [-0.39, 0.29) is 0 Å². The summed E-state index contributed by atoms with van der Waals surface area (Å²) in [5.41, 5.74) is 6.50. The number of allylic oxidation sites excluding steroid dienone is 1. The first kappa shape index (κ1) is 8.17. The molecule has 0 spiro atoms. The van der Waals surface area contributed by atoms with Crippen LogP contribution in [0.3, 0.4) is 0 Å². The Hall–Kier alpha value is -0.830. The monoisotopic (exact) mass is 127 g/mol. The van der Waals surface area contributed by atoms with E-state index in [4.69, 9.17) is 11.1 Å². The molecule has 3 heteroatoms. The lowest BCUT2D eigenvalue weighted by Crippen LogP contribution is -2.16. The molecule has 0 bridgehead atoms. The maximum atomic E-state index is 7.20. The van der Waals surface area contributed by atoms with Crippen LogP contribution in [0.15, 0.2) is 11.8 Å². The zero-order valence-corrected chi connectivity index (χ0v) is 5.86. The molecule has 0 aliphatic carbocycles. The number of nitrogens with one attached hydrogen (secondary N) is 2. The van der Waals surface area contributed by atoms with Gasteiger partial charge in [-0.15, -0.1) is 0 Å². The lowest BCUT2D eigenvalue weighted by molar-refractivity contribution is 0.943. The van der Waals surface area contributed by atoms with Gasteiger partial charge in [0.05, 0.1) is 0 Å². The predicted molar refractivity (Wildman–Crippen MR) is 39.6 cm³/mol. The average molecular weight is 127 g/mol. The van der Waals surface area contributed by atoms with E-state index in [2.05, 4.69) is 5.32 Å². The van der Waals surface area contributed by atoms with Gasteiger partial charge in [0.1, 0.15) is 0 Å². The van der Waals surface area contributed by atoms with Crippen LogP contribution in [-0.2, 0) is 0 Å². The van der Waals surface area contributed by atoms with Gasteiger partial charge in [-0.2, -0.15) is 0 Å². The van der Waals surface area contributed by atoms with Gasteiger partial charge in [0.25, 0.3) is 0 Å². The van der Waals surface area contributed by atoms with Gasteiger partial charge in [0.2, 0.25) is 0 Å². The number of nitrogens with two attached hydrogens (primary N) is 1. The Morgan fingerprint density at radius 1 is 1.78 bits per heavy atom. The Balaban J connectivity index is 3.63. The minimum absolute atomic E-state index is 0.512. The van der Waals surface area contributed by atoms with E-state index >= 15 is 0 Å². The molecule has 0 fully saturated rings. The maximum Gasteiger partial charge on any atom is 0.0468 e. The highest BCUT2D eigenvalue weighted by molar-refractivity contribution is 5.94. The van der Waals surface area contributed by atoms with Crippen LogP contribution in [0.25, 0.3) is 0 Å². The van der Waals surface area contributed by atoms with Crippen molar-refractivity contribution in [1.29, 1.82) is 5.41 Å². The molecular weight excluding hydrogens is 114 g/mol. The summed E-state index contributed by atoms with van der Waals surface area (Å²) >= 11 is 0. The Kier molecular flexibility index (Phi) is 3.71. The fraction of sp³-hybridized carbons (Fsp3) is 0.500. The Bertz CT molecular complexity index is 122. The number of hydrogen-bond donors (Lipinski definition) is 3. The Morgan fingerprint density at radius 3 is 2.67 bits per heavy atom. The second-order valence-electron chi connectivity index (χ2n) is 1.94. The second kappa shape index (κ2) is 4.09. The topological polar surface area (TPSA) is 61.9 Å². The molecule has 0 radical (unpaired) electrons. The lowest BCUT2D eigenvalue weighted by atomic mass is 10.3. The van der Waals surface area contributed by atoms with Crippen LogP contribution in [0.1, 0.15) is 6.92 Å². The SMILES string of the molecule is CNCC(=N)C=C(C)N. The molecule has 52 valence electrons. The summed E-state index contributed by atoms with van der Waals surface area (Å²) in [7, 11) is 1.80. The van der Waals surface area contributed by atoms with Crippen LogP contribution in [0, 0.1) is 5.41 Å². The van der Waals surface area contributed by atoms with Crippen LogP contribution in [0.2, 0.25) is 0 Å². The van der Waals surface area contributed by atoms with Crippen molar-refractivity contribution in [2.75, 3.05) is 13.6 Å². The molecule has 0 saturated carbocycles. The van der Waals surface area contributed by atoms with E-state index in [1.807, 2.05) is 0 Å². The summed E-state index contributed by atoms with van der Waals surface area (Å²) < 4.78 is 0. The van der Waals surface area contributed by atoms with E-state index in [0.717, 1.165) is 0 Å². The Labute approximate surface area is 55.4 Å². The first-order valence-corrected chi connectivity index (χ1v) is 2.82. The van der Waals surface area contributed by atoms with Gasteiger partial charge < -0.3 is 16.5 Å². The van der Waals surface area contributed by atoms with Crippen LogP contribution in [-0.4, -0.2) is 19.3 Å². The summed E-state index contributed by atoms with van der Waals surface area (Å²) in [4.78, 5) is 0. The third-order valence-corrected chi connectivity index (χ3v) is 0.769. The van der Waals surface area contributed by atoms with E-state index in [1.54, 1.807) is 20.0 Å². The van der Waals surface area contributed by atoms with Crippen molar-refractivity contribution < 1.29 is 0 Å². The minimum atomic E-state index is 0.512. The third kappa shape index (κ3) is 5.03. The van der Waals surface area contributed by atoms with Gasteiger partial charge in [-0.25, -0.2) is 0 Å². The fourth-order valence-electron chi connectivity index (χ4n) is 0.516. The van der Waals surface area contributed by atoms with Crippen LogP contribution in [0.5, 0.6) is 0 Å². The summed E-state index contributed by atoms with van der Waals surface area (Å²) in [6.07, 6.45) is 1.64. The van der Waals surface area contributed by atoms with Crippen molar-refractivity contribution in [2.45, 2.75) is 6.92 Å². The van der Waals surface area contributed by atoms with Gasteiger partial charge in [-0.1, -0.05) is 0 Å². The standard InChI is InChI=1S/C6H13N3/c1-5(7)3-6(8)4-9-2/h3,8-9H,4,7H2,1-2H3. The summed E-state index contributed by atoms with van der Waals surface area (Å²) in [5.74, 6) is 0. The van der Waals surface area contributed by atoms with E-state index in [1.165, 1.54) is 0 Å². The number of rotatable bonds is 3. The molecule has 0 heterocycles. The molecule has 9 heavy (non-hydrogen) atoms. The molecule has 0 aliphatic heterocycles. The highest BCUT2D eigenvalue weighted by Gasteiger charge is 1.87. The van der Waals surface area contributed by atoms with Gasteiger partial charge in [-0.3, -0.25) is 0 Å². The predicted octanol–water partition coefficient (Wildman–Crippen LogP) is 0.0881. The highest BCUT2D eigenvalue weighted by Crippen LogP contribution is 1.80. The smallest absolute Gasteiger partial charge is 0.0468 e. The average Bonchev–Trinajstić information content (AvgIpc) is 1.63. The van der Waals surface area contributed by atoms with Gasteiger partial charge in [0.15, 0.2) is 0 Å². The molecule has 4 N–H and O–H groups in total. The summed E-state index contributed by atoms with van der Waals surface area (Å²) in [5, 5.41) is 10.0. The molecule has 0 aromatic rings. The van der Waals surface area contributed by atoms with E-state index in [0.29, 0.717) is 18.0 Å². The first-order valence-electron chi connectivity index (χ1n) is 2.82. The van der Waals surface area contributed by atoms with Crippen molar-refractivity contribution in [3.63, 3.8) is 0 Å². The Morgan fingerprint density at radius 2 is 2.33 bits per heavy atom. The third-order valence-electron chi connectivity index (χ3n) is 0.769. The molecule has 0 rings (SSSR count). The van der Waals surface area contributed by atoms with Crippen molar-refractivity contribution in [3.8, 4) is 0 Å².